The van der Waals surface area contributed by atoms with Gasteiger partial charge in [0, 0.05) is 17.1 Å². The van der Waals surface area contributed by atoms with Crippen molar-refractivity contribution >= 4 is 33.5 Å². The van der Waals surface area contributed by atoms with E-state index in [4.69, 9.17) is 21.6 Å². The molecular weight excluding hydrogens is 456 g/mol. The molecule has 170 valence electrons. The van der Waals surface area contributed by atoms with Crippen molar-refractivity contribution in [2.75, 3.05) is 0 Å². The minimum atomic E-state index is -0.120. The SMILES string of the molecule is Cc1nc2ccc(-n3c(-c4ccc(Cl)cc4)nc4ccccc4c3=O)cc2n1Cc1ccccc1. The van der Waals surface area contributed by atoms with Crippen LogP contribution in [0.4, 0.5) is 0 Å². The molecule has 0 unspecified atom stereocenters. The second kappa shape index (κ2) is 8.53. The van der Waals surface area contributed by atoms with Crippen LogP contribution in [0.25, 0.3) is 39.0 Å². The number of hydrogen-bond donors (Lipinski definition) is 0. The average molecular weight is 477 g/mol. The lowest BCUT2D eigenvalue weighted by Gasteiger charge is -2.15. The summed E-state index contributed by atoms with van der Waals surface area (Å²) < 4.78 is 3.86. The van der Waals surface area contributed by atoms with E-state index < -0.39 is 0 Å². The molecule has 0 saturated carbocycles. The standard InChI is InChI=1S/C29H21ClN4O/c1-19-31-26-16-15-23(17-27(26)33(19)18-20-7-3-2-4-8-20)34-28(21-11-13-22(30)14-12-21)32-25-10-6-5-9-24(25)29(34)35/h2-17H,18H2,1H3. The van der Waals surface area contributed by atoms with Crippen LogP contribution in [0.2, 0.25) is 5.02 Å². The Hall–Kier alpha value is -4.22. The second-order valence-electron chi connectivity index (χ2n) is 8.50. The zero-order chi connectivity index (χ0) is 23.9. The summed E-state index contributed by atoms with van der Waals surface area (Å²) >= 11 is 6.14. The Labute approximate surface area is 206 Å². The molecular formula is C29H21ClN4O. The van der Waals surface area contributed by atoms with E-state index in [0.717, 1.165) is 28.1 Å². The van der Waals surface area contributed by atoms with Crippen molar-refractivity contribution in [3.05, 3.63) is 124 Å². The maximum Gasteiger partial charge on any atom is 0.266 e. The largest absolute Gasteiger partial charge is 0.324 e. The van der Waals surface area contributed by atoms with Crippen LogP contribution in [0, 0.1) is 6.92 Å². The summed E-state index contributed by atoms with van der Waals surface area (Å²) in [6.07, 6.45) is 0. The normalized spacial score (nSPS) is 11.4. The van der Waals surface area contributed by atoms with Crippen LogP contribution < -0.4 is 5.56 Å². The predicted octanol–water partition coefficient (Wildman–Crippen LogP) is 6.41. The fraction of sp³-hybridized carbons (Fsp3) is 0.0690. The molecule has 2 aromatic heterocycles. The molecule has 0 amide bonds. The third kappa shape index (κ3) is 3.80. The highest BCUT2D eigenvalue weighted by molar-refractivity contribution is 6.30. The van der Waals surface area contributed by atoms with Crippen LogP contribution in [0.3, 0.4) is 0 Å². The third-order valence-corrected chi connectivity index (χ3v) is 6.49. The Kier molecular flexibility index (Phi) is 5.20. The molecule has 0 atom stereocenters. The summed E-state index contributed by atoms with van der Waals surface area (Å²) in [5, 5.41) is 1.20. The van der Waals surface area contributed by atoms with Crippen LogP contribution in [0.5, 0.6) is 0 Å². The van der Waals surface area contributed by atoms with Gasteiger partial charge in [-0.05, 0) is 67.1 Å². The smallest absolute Gasteiger partial charge is 0.266 e. The number of para-hydroxylation sites is 1. The van der Waals surface area contributed by atoms with Crippen molar-refractivity contribution in [3.8, 4) is 17.1 Å². The molecule has 0 spiro atoms. The molecule has 0 radical (unpaired) electrons. The Morgan fingerprint density at radius 1 is 0.800 bits per heavy atom. The summed E-state index contributed by atoms with van der Waals surface area (Å²) in [6, 6.07) is 31.0. The Morgan fingerprint density at radius 2 is 1.54 bits per heavy atom. The number of halogens is 1. The van der Waals surface area contributed by atoms with Gasteiger partial charge in [-0.15, -0.1) is 0 Å². The van der Waals surface area contributed by atoms with Crippen LogP contribution in [0.15, 0.2) is 102 Å². The van der Waals surface area contributed by atoms with Gasteiger partial charge in [0.2, 0.25) is 0 Å². The molecule has 0 aliphatic rings. The van der Waals surface area contributed by atoms with Crippen LogP contribution in [0.1, 0.15) is 11.4 Å². The fourth-order valence-corrected chi connectivity index (χ4v) is 4.63. The van der Waals surface area contributed by atoms with Crippen LogP contribution in [-0.2, 0) is 6.54 Å². The van der Waals surface area contributed by atoms with Crippen molar-refractivity contribution in [1.29, 1.82) is 0 Å². The molecule has 0 saturated heterocycles. The van der Waals surface area contributed by atoms with Gasteiger partial charge in [-0.25, -0.2) is 9.97 Å². The molecule has 6 heteroatoms. The number of imidazole rings is 1. The number of benzene rings is 4. The van der Waals surface area contributed by atoms with Crippen molar-refractivity contribution in [2.24, 2.45) is 0 Å². The summed E-state index contributed by atoms with van der Waals surface area (Å²) in [7, 11) is 0. The molecule has 0 aliphatic carbocycles. The summed E-state index contributed by atoms with van der Waals surface area (Å²) in [6.45, 7) is 2.70. The van der Waals surface area contributed by atoms with Gasteiger partial charge in [-0.3, -0.25) is 9.36 Å². The van der Waals surface area contributed by atoms with E-state index in [-0.39, 0.29) is 5.56 Å². The lowest BCUT2D eigenvalue weighted by atomic mass is 10.1. The minimum absolute atomic E-state index is 0.120. The summed E-state index contributed by atoms with van der Waals surface area (Å²) in [4.78, 5) is 23.4. The lowest BCUT2D eigenvalue weighted by Crippen LogP contribution is -2.22. The maximum atomic E-state index is 13.8. The highest BCUT2D eigenvalue weighted by atomic mass is 35.5. The van der Waals surface area contributed by atoms with Crippen molar-refractivity contribution < 1.29 is 0 Å². The minimum Gasteiger partial charge on any atom is -0.324 e. The maximum absolute atomic E-state index is 13.8. The van der Waals surface area contributed by atoms with Gasteiger partial charge in [0.15, 0.2) is 0 Å². The van der Waals surface area contributed by atoms with E-state index in [0.29, 0.717) is 28.3 Å². The fourth-order valence-electron chi connectivity index (χ4n) is 4.50. The number of rotatable bonds is 4. The first-order chi connectivity index (χ1) is 17.1. The molecule has 0 N–H and O–H groups in total. The zero-order valence-corrected chi connectivity index (χ0v) is 19.8. The average Bonchev–Trinajstić information content (AvgIpc) is 3.19. The Morgan fingerprint density at radius 3 is 2.34 bits per heavy atom. The lowest BCUT2D eigenvalue weighted by molar-refractivity contribution is 0.785. The topological polar surface area (TPSA) is 52.7 Å². The van der Waals surface area contributed by atoms with Crippen LogP contribution >= 0.6 is 11.6 Å². The predicted molar refractivity (Wildman–Crippen MR) is 141 cm³/mol. The third-order valence-electron chi connectivity index (χ3n) is 6.24. The van der Waals surface area contributed by atoms with E-state index in [2.05, 4.69) is 16.7 Å². The molecule has 4 aromatic carbocycles. The van der Waals surface area contributed by atoms with E-state index in [9.17, 15) is 4.79 Å². The van der Waals surface area contributed by atoms with Gasteiger partial charge < -0.3 is 4.57 Å². The molecule has 35 heavy (non-hydrogen) atoms. The number of aryl methyl sites for hydroxylation is 1. The summed E-state index contributed by atoms with van der Waals surface area (Å²) in [5.74, 6) is 1.48. The van der Waals surface area contributed by atoms with Gasteiger partial charge in [-0.1, -0.05) is 54.1 Å². The number of aromatic nitrogens is 4. The highest BCUT2D eigenvalue weighted by Gasteiger charge is 2.16. The first-order valence-corrected chi connectivity index (χ1v) is 11.8. The van der Waals surface area contributed by atoms with Crippen molar-refractivity contribution in [3.63, 3.8) is 0 Å². The van der Waals surface area contributed by atoms with Gasteiger partial charge >= 0.3 is 0 Å². The molecule has 5 nitrogen and oxygen atoms in total. The van der Waals surface area contributed by atoms with Gasteiger partial charge in [0.25, 0.3) is 5.56 Å². The number of hydrogen-bond acceptors (Lipinski definition) is 3. The second-order valence-corrected chi connectivity index (χ2v) is 8.94. The highest BCUT2D eigenvalue weighted by Crippen LogP contribution is 2.26. The first kappa shape index (κ1) is 21.3. The molecule has 6 rings (SSSR count). The monoisotopic (exact) mass is 476 g/mol. The Bertz CT molecular complexity index is 1750. The van der Waals surface area contributed by atoms with E-state index in [1.165, 1.54) is 5.56 Å². The van der Waals surface area contributed by atoms with E-state index in [1.54, 1.807) is 4.57 Å². The van der Waals surface area contributed by atoms with E-state index in [1.807, 2.05) is 91.9 Å². The molecule has 0 aliphatic heterocycles. The quantitative estimate of drug-likeness (QED) is 0.295. The van der Waals surface area contributed by atoms with E-state index >= 15 is 0 Å². The first-order valence-electron chi connectivity index (χ1n) is 11.4. The molecule has 6 aromatic rings. The molecule has 0 fully saturated rings. The number of fused-ring (bicyclic) bond motifs is 2. The summed E-state index contributed by atoms with van der Waals surface area (Å²) in [5.41, 5.74) is 5.12. The van der Waals surface area contributed by atoms with Gasteiger partial charge in [0.05, 0.1) is 27.6 Å². The number of nitrogens with zero attached hydrogens (tertiary/aromatic N) is 4. The molecule has 2 heterocycles. The zero-order valence-electron chi connectivity index (χ0n) is 19.0. The van der Waals surface area contributed by atoms with Crippen LogP contribution in [-0.4, -0.2) is 19.1 Å². The van der Waals surface area contributed by atoms with Gasteiger partial charge in [-0.2, -0.15) is 0 Å². The Balaban J connectivity index is 1.60. The van der Waals surface area contributed by atoms with Crippen molar-refractivity contribution in [2.45, 2.75) is 13.5 Å². The molecule has 0 bridgehead atoms. The van der Waals surface area contributed by atoms with Crippen molar-refractivity contribution in [1.82, 2.24) is 19.1 Å². The van der Waals surface area contributed by atoms with Gasteiger partial charge in [0.1, 0.15) is 11.6 Å².